The second kappa shape index (κ2) is 4.02. The molecule has 3 N–H and O–H groups in total. The van der Waals surface area contributed by atoms with Crippen molar-refractivity contribution in [2.75, 3.05) is 6.54 Å². The highest BCUT2D eigenvalue weighted by molar-refractivity contribution is 5.18. The van der Waals surface area contributed by atoms with E-state index in [-0.39, 0.29) is 5.92 Å². The number of aromatic nitrogens is 3. The van der Waals surface area contributed by atoms with Crippen molar-refractivity contribution in [3.63, 3.8) is 0 Å². The minimum absolute atomic E-state index is 0.0613. The maximum absolute atomic E-state index is 5.70. The Balaban J connectivity index is 2.31. The molecule has 0 saturated heterocycles. The first-order valence-corrected chi connectivity index (χ1v) is 4.52. The van der Waals surface area contributed by atoms with Crippen molar-refractivity contribution in [2.24, 2.45) is 5.73 Å². The van der Waals surface area contributed by atoms with Crippen molar-refractivity contribution in [3.8, 4) is 0 Å². The highest BCUT2D eigenvalue weighted by Crippen LogP contribution is 2.17. The van der Waals surface area contributed by atoms with Gasteiger partial charge in [-0.15, -0.1) is 0 Å². The van der Waals surface area contributed by atoms with Gasteiger partial charge in [0.2, 0.25) is 0 Å². The maximum atomic E-state index is 5.70. The summed E-state index contributed by atoms with van der Waals surface area (Å²) >= 11 is 0. The number of imidazole rings is 1. The number of aromatic amines is 1. The van der Waals surface area contributed by atoms with Crippen molar-refractivity contribution < 1.29 is 0 Å². The third-order valence-electron chi connectivity index (χ3n) is 2.13. The summed E-state index contributed by atoms with van der Waals surface area (Å²) in [5.74, 6) is 0.928. The standard InChI is InChI=1S/C10H12N4/c11-7-8(10-13-5-6-14-10)9-3-1-2-4-12-9/h1-6,8H,7,11H2,(H,13,14). The Hall–Kier alpha value is -1.68. The topological polar surface area (TPSA) is 67.6 Å². The van der Waals surface area contributed by atoms with Crippen LogP contribution in [-0.4, -0.2) is 21.5 Å². The molecule has 14 heavy (non-hydrogen) atoms. The quantitative estimate of drug-likeness (QED) is 0.751. The van der Waals surface area contributed by atoms with Gasteiger partial charge in [0, 0.05) is 25.1 Å². The molecule has 72 valence electrons. The van der Waals surface area contributed by atoms with Gasteiger partial charge in [-0.3, -0.25) is 4.98 Å². The molecule has 0 aromatic carbocycles. The fourth-order valence-corrected chi connectivity index (χ4v) is 1.42. The van der Waals surface area contributed by atoms with E-state index in [0.717, 1.165) is 11.5 Å². The lowest BCUT2D eigenvalue weighted by Crippen LogP contribution is -2.16. The first-order chi connectivity index (χ1) is 6.92. The summed E-state index contributed by atoms with van der Waals surface area (Å²) in [6.07, 6.45) is 5.28. The Morgan fingerprint density at radius 1 is 1.29 bits per heavy atom. The van der Waals surface area contributed by atoms with E-state index in [1.165, 1.54) is 0 Å². The second-order valence-electron chi connectivity index (χ2n) is 3.02. The van der Waals surface area contributed by atoms with E-state index in [1.54, 1.807) is 18.6 Å². The SMILES string of the molecule is NCC(c1ccccn1)c1ncc[nH]1. The molecule has 0 aliphatic heterocycles. The van der Waals surface area contributed by atoms with Crippen LogP contribution in [-0.2, 0) is 0 Å². The van der Waals surface area contributed by atoms with E-state index in [4.69, 9.17) is 5.73 Å². The Morgan fingerprint density at radius 3 is 2.79 bits per heavy atom. The number of nitrogens with two attached hydrogens (primary N) is 1. The molecule has 2 aromatic heterocycles. The third kappa shape index (κ3) is 1.65. The Bertz CT molecular complexity index is 368. The molecular formula is C10H12N4. The van der Waals surface area contributed by atoms with Crippen LogP contribution in [0.4, 0.5) is 0 Å². The van der Waals surface area contributed by atoms with Gasteiger partial charge >= 0.3 is 0 Å². The van der Waals surface area contributed by atoms with E-state index in [1.807, 2.05) is 18.2 Å². The predicted molar refractivity (Wildman–Crippen MR) is 53.7 cm³/mol. The summed E-state index contributed by atoms with van der Waals surface area (Å²) in [4.78, 5) is 11.5. The number of hydrogen-bond acceptors (Lipinski definition) is 3. The van der Waals surface area contributed by atoms with Crippen LogP contribution >= 0.6 is 0 Å². The minimum atomic E-state index is 0.0613. The van der Waals surface area contributed by atoms with Crippen molar-refractivity contribution in [2.45, 2.75) is 5.92 Å². The lowest BCUT2D eigenvalue weighted by Gasteiger charge is -2.10. The summed E-state index contributed by atoms with van der Waals surface area (Å²) in [7, 11) is 0. The Morgan fingerprint density at radius 2 is 2.21 bits per heavy atom. The van der Waals surface area contributed by atoms with E-state index in [0.29, 0.717) is 6.54 Å². The number of nitrogens with zero attached hydrogens (tertiary/aromatic N) is 2. The van der Waals surface area contributed by atoms with E-state index >= 15 is 0 Å². The number of pyridine rings is 1. The molecule has 1 unspecified atom stereocenters. The van der Waals surface area contributed by atoms with Gasteiger partial charge in [0.1, 0.15) is 5.82 Å². The monoisotopic (exact) mass is 188 g/mol. The number of nitrogens with one attached hydrogen (secondary N) is 1. The molecule has 4 nitrogen and oxygen atoms in total. The van der Waals surface area contributed by atoms with E-state index in [9.17, 15) is 0 Å². The van der Waals surface area contributed by atoms with Gasteiger partial charge in [-0.05, 0) is 12.1 Å². The van der Waals surface area contributed by atoms with Crippen molar-refractivity contribution in [3.05, 3.63) is 48.3 Å². The smallest absolute Gasteiger partial charge is 0.116 e. The molecule has 0 aliphatic carbocycles. The fraction of sp³-hybridized carbons (Fsp3) is 0.200. The lowest BCUT2D eigenvalue weighted by molar-refractivity contribution is 0.740. The van der Waals surface area contributed by atoms with Crippen LogP contribution in [0, 0.1) is 0 Å². The number of hydrogen-bond donors (Lipinski definition) is 2. The van der Waals surface area contributed by atoms with Gasteiger partial charge in [-0.2, -0.15) is 0 Å². The maximum Gasteiger partial charge on any atom is 0.116 e. The normalized spacial score (nSPS) is 12.6. The summed E-state index contributed by atoms with van der Waals surface area (Å²) in [5.41, 5.74) is 6.65. The Kier molecular flexibility index (Phi) is 2.55. The Labute approximate surface area is 82.2 Å². The van der Waals surface area contributed by atoms with Gasteiger partial charge in [0.25, 0.3) is 0 Å². The molecule has 0 aliphatic rings. The fourth-order valence-electron chi connectivity index (χ4n) is 1.42. The van der Waals surface area contributed by atoms with Crippen LogP contribution in [0.25, 0.3) is 0 Å². The minimum Gasteiger partial charge on any atom is -0.348 e. The van der Waals surface area contributed by atoms with Crippen LogP contribution in [0.2, 0.25) is 0 Å². The molecule has 0 bridgehead atoms. The van der Waals surface area contributed by atoms with Crippen molar-refractivity contribution >= 4 is 0 Å². The molecular weight excluding hydrogens is 176 g/mol. The van der Waals surface area contributed by atoms with Gasteiger partial charge in [-0.1, -0.05) is 6.07 Å². The van der Waals surface area contributed by atoms with Crippen molar-refractivity contribution in [1.82, 2.24) is 15.0 Å². The molecule has 2 heterocycles. The molecule has 4 heteroatoms. The highest BCUT2D eigenvalue weighted by Gasteiger charge is 2.14. The van der Waals surface area contributed by atoms with Crippen LogP contribution in [0.3, 0.4) is 0 Å². The largest absolute Gasteiger partial charge is 0.348 e. The molecule has 0 saturated carbocycles. The van der Waals surface area contributed by atoms with Crippen LogP contribution in [0.1, 0.15) is 17.4 Å². The second-order valence-corrected chi connectivity index (χ2v) is 3.02. The summed E-state index contributed by atoms with van der Waals surface area (Å²) in [5, 5.41) is 0. The molecule has 0 spiro atoms. The van der Waals surface area contributed by atoms with Gasteiger partial charge in [0.15, 0.2) is 0 Å². The number of H-pyrrole nitrogens is 1. The highest BCUT2D eigenvalue weighted by atomic mass is 14.9. The zero-order chi connectivity index (χ0) is 9.80. The average molecular weight is 188 g/mol. The zero-order valence-electron chi connectivity index (χ0n) is 7.72. The van der Waals surface area contributed by atoms with E-state index in [2.05, 4.69) is 15.0 Å². The molecule has 1 atom stereocenters. The first kappa shape index (κ1) is 8.90. The summed E-state index contributed by atoms with van der Waals surface area (Å²) in [6.45, 7) is 0.504. The first-order valence-electron chi connectivity index (χ1n) is 4.52. The van der Waals surface area contributed by atoms with Crippen molar-refractivity contribution in [1.29, 1.82) is 0 Å². The third-order valence-corrected chi connectivity index (χ3v) is 2.13. The van der Waals surface area contributed by atoms with Gasteiger partial charge in [0.05, 0.1) is 11.6 Å². The molecule has 2 rings (SSSR count). The molecule has 0 radical (unpaired) electrons. The van der Waals surface area contributed by atoms with Gasteiger partial charge in [-0.25, -0.2) is 4.98 Å². The number of rotatable bonds is 3. The van der Waals surface area contributed by atoms with Gasteiger partial charge < -0.3 is 10.7 Å². The van der Waals surface area contributed by atoms with Crippen LogP contribution in [0.5, 0.6) is 0 Å². The summed E-state index contributed by atoms with van der Waals surface area (Å²) in [6, 6.07) is 5.80. The van der Waals surface area contributed by atoms with E-state index < -0.39 is 0 Å². The lowest BCUT2D eigenvalue weighted by atomic mass is 10.0. The van der Waals surface area contributed by atoms with Crippen LogP contribution in [0.15, 0.2) is 36.8 Å². The summed E-state index contributed by atoms with van der Waals surface area (Å²) < 4.78 is 0. The molecule has 2 aromatic rings. The average Bonchev–Trinajstić information content (AvgIpc) is 2.74. The predicted octanol–water partition coefficient (Wildman–Crippen LogP) is 0.895. The molecule has 0 fully saturated rings. The molecule has 0 amide bonds. The van der Waals surface area contributed by atoms with Crippen LogP contribution < -0.4 is 5.73 Å². The zero-order valence-corrected chi connectivity index (χ0v) is 7.72.